The zero-order chi connectivity index (χ0) is 27.8. The molecule has 1 aromatic rings. The predicted molar refractivity (Wildman–Crippen MR) is 138 cm³/mol. The van der Waals surface area contributed by atoms with Crippen molar-refractivity contribution in [1.29, 1.82) is 0 Å². The molecule has 12 heteroatoms. The van der Waals surface area contributed by atoms with Gasteiger partial charge in [-0.3, -0.25) is 4.79 Å². The number of carbonyl (C=O) groups is 1. The van der Waals surface area contributed by atoms with E-state index in [0.29, 0.717) is 49.3 Å². The zero-order valence-electron chi connectivity index (χ0n) is 21.4. The third-order valence-corrected chi connectivity index (χ3v) is 6.57. The van der Waals surface area contributed by atoms with Crippen LogP contribution >= 0.6 is 11.6 Å². The van der Waals surface area contributed by atoms with Gasteiger partial charge in [-0.2, -0.15) is 0 Å². The van der Waals surface area contributed by atoms with Crippen LogP contribution in [0, 0.1) is 22.0 Å². The molecule has 38 heavy (non-hydrogen) atoms. The van der Waals surface area contributed by atoms with Crippen LogP contribution in [0.25, 0.3) is 0 Å². The number of benzene rings is 1. The lowest BCUT2D eigenvalue weighted by Crippen LogP contribution is -2.25. The van der Waals surface area contributed by atoms with Gasteiger partial charge >= 0.3 is 5.97 Å². The maximum absolute atomic E-state index is 11.7. The van der Waals surface area contributed by atoms with Crippen molar-refractivity contribution >= 4 is 17.6 Å². The lowest BCUT2D eigenvalue weighted by atomic mass is 9.86. The minimum Gasteiger partial charge on any atom is -0.491 e. The Morgan fingerprint density at radius 3 is 2.68 bits per heavy atom. The van der Waals surface area contributed by atoms with Crippen molar-refractivity contribution < 1.29 is 44.2 Å². The molecular formula is C26H38ClNO10. The van der Waals surface area contributed by atoms with Crippen LogP contribution in [0.5, 0.6) is 5.75 Å². The van der Waals surface area contributed by atoms with Gasteiger partial charge in [0.15, 0.2) is 0 Å². The van der Waals surface area contributed by atoms with Crippen LogP contribution in [0.2, 0.25) is 5.02 Å². The molecule has 0 radical (unpaired) electrons. The first-order valence-corrected chi connectivity index (χ1v) is 13.2. The average Bonchev–Trinajstić information content (AvgIpc) is 3.14. The summed E-state index contributed by atoms with van der Waals surface area (Å²) < 4.78 is 15.7. The van der Waals surface area contributed by atoms with Crippen LogP contribution < -0.4 is 4.74 Å². The number of esters is 1. The Kier molecular flexibility index (Phi) is 15.0. The van der Waals surface area contributed by atoms with E-state index >= 15 is 0 Å². The highest BCUT2D eigenvalue weighted by molar-refractivity contribution is 6.30. The van der Waals surface area contributed by atoms with E-state index in [1.165, 1.54) is 0 Å². The molecule has 0 unspecified atom stereocenters. The van der Waals surface area contributed by atoms with Crippen molar-refractivity contribution in [3.63, 3.8) is 0 Å². The quantitative estimate of drug-likeness (QED) is 0.0755. The fraction of sp³-hybridized carbons (Fsp3) is 0.654. The van der Waals surface area contributed by atoms with Gasteiger partial charge in [0, 0.05) is 11.4 Å². The molecule has 0 bridgehead atoms. The minimum atomic E-state index is -0.900. The predicted octanol–water partition coefficient (Wildman–Crippen LogP) is 3.10. The Morgan fingerprint density at radius 2 is 1.92 bits per heavy atom. The Morgan fingerprint density at radius 1 is 1.16 bits per heavy atom. The highest BCUT2D eigenvalue weighted by Crippen LogP contribution is 2.38. The normalized spacial score (nSPS) is 21.9. The molecule has 0 saturated heterocycles. The SMILES string of the molecule is O=C(CCC/C=C\C[C@@H]1[C@@H](CC[C@@H](O)COc2cccc(Cl)c2)[C@H](O)C[C@@H]1O)OCCOCCO[N+](=O)[O-]. The molecule has 0 aromatic heterocycles. The Balaban J connectivity index is 1.59. The first kappa shape index (κ1) is 31.8. The third kappa shape index (κ3) is 12.9. The van der Waals surface area contributed by atoms with Crippen molar-refractivity contribution in [3.05, 3.63) is 51.6 Å². The van der Waals surface area contributed by atoms with Gasteiger partial charge in [0.05, 0.1) is 31.5 Å². The molecule has 0 spiro atoms. The van der Waals surface area contributed by atoms with E-state index in [-0.39, 0.29) is 57.3 Å². The van der Waals surface area contributed by atoms with E-state index in [4.69, 9.17) is 25.8 Å². The number of hydrogen-bond acceptors (Lipinski definition) is 10. The Hall–Kier alpha value is -2.44. The van der Waals surface area contributed by atoms with Crippen molar-refractivity contribution in [2.24, 2.45) is 11.8 Å². The summed E-state index contributed by atoms with van der Waals surface area (Å²) in [7, 11) is 0. The monoisotopic (exact) mass is 559 g/mol. The van der Waals surface area contributed by atoms with E-state index in [9.17, 15) is 30.2 Å². The third-order valence-electron chi connectivity index (χ3n) is 6.33. The van der Waals surface area contributed by atoms with Gasteiger partial charge in [0.25, 0.3) is 5.09 Å². The number of allylic oxidation sites excluding steroid dienone is 2. The minimum absolute atomic E-state index is 0.0376. The largest absolute Gasteiger partial charge is 0.491 e. The zero-order valence-corrected chi connectivity index (χ0v) is 22.1. The summed E-state index contributed by atoms with van der Waals surface area (Å²) in [5.41, 5.74) is 0. The van der Waals surface area contributed by atoms with Gasteiger partial charge in [0.2, 0.25) is 0 Å². The summed E-state index contributed by atoms with van der Waals surface area (Å²) in [6.07, 6.45) is 5.41. The van der Waals surface area contributed by atoms with E-state index in [1.807, 2.05) is 12.2 Å². The first-order chi connectivity index (χ1) is 18.3. The second-order valence-electron chi connectivity index (χ2n) is 9.19. The lowest BCUT2D eigenvalue weighted by Gasteiger charge is -2.23. The van der Waals surface area contributed by atoms with Gasteiger partial charge in [-0.25, -0.2) is 0 Å². The number of hydrogen-bond donors (Lipinski definition) is 3. The number of halogens is 1. The van der Waals surface area contributed by atoms with Gasteiger partial charge in [0.1, 0.15) is 25.6 Å². The fourth-order valence-corrected chi connectivity index (χ4v) is 4.60. The van der Waals surface area contributed by atoms with Crippen LogP contribution in [0.3, 0.4) is 0 Å². The van der Waals surface area contributed by atoms with Crippen molar-refractivity contribution in [2.75, 3.05) is 33.0 Å². The number of ether oxygens (including phenoxy) is 3. The standard InChI is InChI=1S/C26H38ClNO10/c27-19-6-5-7-21(16-19)37-18-20(29)10-11-23-22(24(30)17-25(23)31)8-3-1-2-4-9-26(32)36-14-12-35-13-15-38-28(33)34/h1,3,5-7,16,20,22-25,29-31H,2,4,8-15,17-18H2/b3-1-/t20-,22-,23-,24+,25-/m1/s1. The molecule has 1 fully saturated rings. The van der Waals surface area contributed by atoms with Crippen LogP contribution in [0.15, 0.2) is 36.4 Å². The van der Waals surface area contributed by atoms with Crippen molar-refractivity contribution in [2.45, 2.75) is 63.3 Å². The van der Waals surface area contributed by atoms with E-state index < -0.39 is 23.4 Å². The highest BCUT2D eigenvalue weighted by atomic mass is 35.5. The number of nitrogens with zero attached hydrogens (tertiary/aromatic N) is 1. The topological polar surface area (TPSA) is 158 Å². The van der Waals surface area contributed by atoms with Gasteiger partial charge in [-0.15, -0.1) is 10.1 Å². The molecule has 11 nitrogen and oxygen atoms in total. The van der Waals surface area contributed by atoms with Crippen molar-refractivity contribution in [3.8, 4) is 5.75 Å². The summed E-state index contributed by atoms with van der Waals surface area (Å²) in [5.74, 6) is -0.00579. The van der Waals surface area contributed by atoms with Crippen LogP contribution in [0.4, 0.5) is 0 Å². The molecule has 0 aliphatic heterocycles. The summed E-state index contributed by atoms with van der Waals surface area (Å²) in [6, 6.07) is 6.95. The molecule has 3 N–H and O–H groups in total. The molecule has 5 atom stereocenters. The molecule has 1 aliphatic rings. The molecule has 2 rings (SSSR count). The van der Waals surface area contributed by atoms with Gasteiger partial charge in [-0.05, 0) is 68.6 Å². The molecule has 1 aliphatic carbocycles. The van der Waals surface area contributed by atoms with Gasteiger partial charge < -0.3 is 34.4 Å². The second-order valence-corrected chi connectivity index (χ2v) is 9.62. The van der Waals surface area contributed by atoms with E-state index in [2.05, 4.69) is 4.84 Å². The lowest BCUT2D eigenvalue weighted by molar-refractivity contribution is -0.758. The summed E-state index contributed by atoms with van der Waals surface area (Å²) in [5, 5.41) is 40.8. The van der Waals surface area contributed by atoms with Crippen LogP contribution in [0.1, 0.15) is 44.9 Å². The first-order valence-electron chi connectivity index (χ1n) is 12.8. The number of unbranched alkanes of at least 4 members (excludes halogenated alkanes) is 1. The smallest absolute Gasteiger partial charge is 0.305 e. The maximum atomic E-state index is 11.7. The van der Waals surface area contributed by atoms with Crippen LogP contribution in [-0.2, 0) is 19.1 Å². The molecule has 0 heterocycles. The maximum Gasteiger partial charge on any atom is 0.305 e. The Bertz CT molecular complexity index is 870. The van der Waals surface area contributed by atoms with Crippen LogP contribution in [-0.4, -0.2) is 77.7 Å². The molecule has 214 valence electrons. The van der Waals surface area contributed by atoms with Crippen molar-refractivity contribution in [1.82, 2.24) is 0 Å². The van der Waals surface area contributed by atoms with E-state index in [1.54, 1.807) is 24.3 Å². The number of aliphatic hydroxyl groups is 3. The molecule has 1 saturated carbocycles. The Labute approximate surface area is 227 Å². The summed E-state index contributed by atoms with van der Waals surface area (Å²) >= 11 is 5.94. The van der Waals surface area contributed by atoms with E-state index in [0.717, 1.165) is 0 Å². The number of rotatable bonds is 19. The molecular weight excluding hydrogens is 522 g/mol. The number of aliphatic hydroxyl groups excluding tert-OH is 3. The van der Waals surface area contributed by atoms with Gasteiger partial charge in [-0.1, -0.05) is 29.8 Å². The molecule has 0 amide bonds. The fourth-order valence-electron chi connectivity index (χ4n) is 4.42. The summed E-state index contributed by atoms with van der Waals surface area (Å²) in [4.78, 5) is 25.8. The highest BCUT2D eigenvalue weighted by Gasteiger charge is 2.40. The average molecular weight is 560 g/mol. The number of carbonyl (C=O) groups excluding carboxylic acids is 1. The second kappa shape index (κ2) is 18.0. The summed E-state index contributed by atoms with van der Waals surface area (Å²) in [6.45, 7) is 0.181. The molecule has 1 aromatic carbocycles.